The fourth-order valence-corrected chi connectivity index (χ4v) is 1.84. The second-order valence-electron chi connectivity index (χ2n) is 4.23. The monoisotopic (exact) mass is 427 g/mol. The standard InChI is InChI=1S/C14H22FN3OS.HI/c1-11(19-13-7-5-4-6-12(13)15)10-18-14(16-2)17-8-9-20-3;/h4-7,11H,8-10H2,1-3H3,(H2,16,17,18);1H. The molecule has 1 aromatic rings. The normalized spacial score (nSPS) is 12.3. The van der Waals surface area contributed by atoms with Gasteiger partial charge in [-0.15, -0.1) is 24.0 Å². The van der Waals surface area contributed by atoms with Crippen molar-refractivity contribution in [2.45, 2.75) is 13.0 Å². The van der Waals surface area contributed by atoms with E-state index < -0.39 is 0 Å². The van der Waals surface area contributed by atoms with Gasteiger partial charge in [-0.25, -0.2) is 4.39 Å². The summed E-state index contributed by atoms with van der Waals surface area (Å²) in [6.07, 6.45) is 1.90. The van der Waals surface area contributed by atoms with E-state index in [0.717, 1.165) is 18.3 Å². The van der Waals surface area contributed by atoms with Gasteiger partial charge in [-0.05, 0) is 25.3 Å². The number of nitrogens with zero attached hydrogens (tertiary/aromatic N) is 1. The molecule has 0 amide bonds. The molecule has 0 aromatic heterocycles. The number of nitrogens with one attached hydrogen (secondary N) is 2. The molecule has 1 aromatic carbocycles. The summed E-state index contributed by atoms with van der Waals surface area (Å²) in [5, 5.41) is 6.34. The van der Waals surface area contributed by atoms with Crippen molar-refractivity contribution in [1.82, 2.24) is 10.6 Å². The van der Waals surface area contributed by atoms with Crippen LogP contribution >= 0.6 is 35.7 Å². The van der Waals surface area contributed by atoms with Gasteiger partial charge in [0.25, 0.3) is 0 Å². The number of para-hydroxylation sites is 1. The third kappa shape index (κ3) is 8.35. The lowest BCUT2D eigenvalue weighted by atomic mass is 10.3. The Morgan fingerprint density at radius 1 is 1.38 bits per heavy atom. The minimum atomic E-state index is -0.346. The molecule has 4 nitrogen and oxygen atoms in total. The molecule has 0 fully saturated rings. The van der Waals surface area contributed by atoms with Gasteiger partial charge in [0, 0.05) is 19.3 Å². The van der Waals surface area contributed by atoms with Crippen LogP contribution in [0.2, 0.25) is 0 Å². The van der Waals surface area contributed by atoms with Gasteiger partial charge in [0.1, 0.15) is 6.10 Å². The molecule has 7 heteroatoms. The van der Waals surface area contributed by atoms with Crippen LogP contribution in [0.1, 0.15) is 6.92 Å². The summed E-state index contributed by atoms with van der Waals surface area (Å²) in [5.41, 5.74) is 0. The van der Waals surface area contributed by atoms with E-state index in [1.165, 1.54) is 6.07 Å². The molecular weight excluding hydrogens is 404 g/mol. The highest BCUT2D eigenvalue weighted by atomic mass is 127. The van der Waals surface area contributed by atoms with Gasteiger partial charge >= 0.3 is 0 Å². The largest absolute Gasteiger partial charge is 0.486 e. The van der Waals surface area contributed by atoms with Gasteiger partial charge < -0.3 is 15.4 Å². The van der Waals surface area contributed by atoms with E-state index in [0.29, 0.717) is 6.54 Å². The smallest absolute Gasteiger partial charge is 0.191 e. The summed E-state index contributed by atoms with van der Waals surface area (Å²) < 4.78 is 19.0. The molecule has 0 bridgehead atoms. The van der Waals surface area contributed by atoms with E-state index in [-0.39, 0.29) is 41.6 Å². The molecule has 0 saturated carbocycles. The van der Waals surface area contributed by atoms with E-state index in [2.05, 4.69) is 21.9 Å². The van der Waals surface area contributed by atoms with Crippen molar-refractivity contribution >= 4 is 41.7 Å². The zero-order valence-corrected chi connectivity index (χ0v) is 15.7. The van der Waals surface area contributed by atoms with Crippen LogP contribution in [0.5, 0.6) is 5.75 Å². The second kappa shape index (κ2) is 11.9. The Morgan fingerprint density at radius 3 is 2.71 bits per heavy atom. The Balaban J connectivity index is 0.00000400. The van der Waals surface area contributed by atoms with Crippen LogP contribution < -0.4 is 15.4 Å². The van der Waals surface area contributed by atoms with Gasteiger partial charge in [-0.1, -0.05) is 12.1 Å². The van der Waals surface area contributed by atoms with Crippen LogP contribution in [0.3, 0.4) is 0 Å². The second-order valence-corrected chi connectivity index (χ2v) is 5.22. The summed E-state index contributed by atoms with van der Waals surface area (Å²) in [6.45, 7) is 3.28. The van der Waals surface area contributed by atoms with E-state index in [9.17, 15) is 4.39 Å². The number of guanidine groups is 1. The van der Waals surface area contributed by atoms with Crippen LogP contribution in [0, 0.1) is 5.82 Å². The minimum absolute atomic E-state index is 0. The van der Waals surface area contributed by atoms with Crippen LogP contribution in [0.25, 0.3) is 0 Å². The first-order valence-corrected chi connectivity index (χ1v) is 7.91. The molecular formula is C14H23FIN3OS. The van der Waals surface area contributed by atoms with E-state index >= 15 is 0 Å². The Morgan fingerprint density at radius 2 is 2.10 bits per heavy atom. The first kappa shape index (κ1) is 20.3. The molecule has 2 N–H and O–H groups in total. The Bertz CT molecular complexity index is 434. The predicted octanol–water partition coefficient (Wildman–Crippen LogP) is 2.74. The van der Waals surface area contributed by atoms with Gasteiger partial charge in [0.05, 0.1) is 6.54 Å². The van der Waals surface area contributed by atoms with E-state index in [4.69, 9.17) is 4.74 Å². The van der Waals surface area contributed by atoms with Crippen LogP contribution in [0.15, 0.2) is 29.3 Å². The van der Waals surface area contributed by atoms with Gasteiger partial charge in [0.15, 0.2) is 17.5 Å². The van der Waals surface area contributed by atoms with E-state index in [1.807, 2.05) is 6.92 Å². The maximum atomic E-state index is 13.4. The van der Waals surface area contributed by atoms with Crippen LogP contribution in [0.4, 0.5) is 4.39 Å². The molecule has 1 unspecified atom stereocenters. The van der Waals surface area contributed by atoms with Crippen molar-refractivity contribution in [1.29, 1.82) is 0 Å². The third-order valence-corrected chi connectivity index (χ3v) is 3.16. The van der Waals surface area contributed by atoms with Crippen LogP contribution in [-0.4, -0.2) is 44.2 Å². The highest BCUT2D eigenvalue weighted by Gasteiger charge is 2.08. The van der Waals surface area contributed by atoms with Gasteiger partial charge in [-0.2, -0.15) is 11.8 Å². The molecule has 0 radical (unpaired) electrons. The summed E-state index contributed by atoms with van der Waals surface area (Å²) in [6, 6.07) is 6.40. The molecule has 120 valence electrons. The van der Waals surface area contributed by atoms with Crippen LogP contribution in [-0.2, 0) is 0 Å². The summed E-state index contributed by atoms with van der Waals surface area (Å²) in [5.74, 6) is 1.67. The number of hydrogen-bond donors (Lipinski definition) is 2. The SMILES string of the molecule is CN=C(NCCSC)NCC(C)Oc1ccccc1F.I. The molecule has 21 heavy (non-hydrogen) atoms. The average molecular weight is 427 g/mol. The fourth-order valence-electron chi connectivity index (χ4n) is 1.53. The number of halogens is 2. The number of thioether (sulfide) groups is 1. The van der Waals surface area contributed by atoms with Crippen molar-refractivity contribution in [3.8, 4) is 5.75 Å². The highest BCUT2D eigenvalue weighted by Crippen LogP contribution is 2.16. The number of aliphatic imine (C=N–C) groups is 1. The highest BCUT2D eigenvalue weighted by molar-refractivity contribution is 14.0. The number of ether oxygens (including phenoxy) is 1. The molecule has 1 atom stereocenters. The zero-order chi connectivity index (χ0) is 14.8. The lowest BCUT2D eigenvalue weighted by Gasteiger charge is -2.17. The lowest BCUT2D eigenvalue weighted by molar-refractivity contribution is 0.214. The quantitative estimate of drug-likeness (QED) is 0.304. The fraction of sp³-hybridized carbons (Fsp3) is 0.500. The number of hydrogen-bond acceptors (Lipinski definition) is 3. The van der Waals surface area contributed by atoms with Crippen molar-refractivity contribution in [3.63, 3.8) is 0 Å². The molecule has 0 spiro atoms. The summed E-state index contributed by atoms with van der Waals surface area (Å²) >= 11 is 1.77. The molecule has 0 aliphatic rings. The Labute approximate surface area is 147 Å². The number of rotatable bonds is 7. The predicted molar refractivity (Wildman–Crippen MR) is 99.7 cm³/mol. The van der Waals surface area contributed by atoms with Crippen molar-refractivity contribution in [2.75, 3.05) is 32.1 Å². The number of benzene rings is 1. The maximum absolute atomic E-state index is 13.4. The molecule has 1 rings (SSSR count). The Kier molecular flexibility index (Phi) is 11.5. The van der Waals surface area contributed by atoms with Gasteiger partial charge in [0.2, 0.25) is 0 Å². The molecule has 0 aliphatic carbocycles. The topological polar surface area (TPSA) is 45.7 Å². The lowest BCUT2D eigenvalue weighted by Crippen LogP contribution is -2.42. The summed E-state index contributed by atoms with van der Waals surface area (Å²) in [7, 11) is 1.72. The maximum Gasteiger partial charge on any atom is 0.191 e. The van der Waals surface area contributed by atoms with Crippen molar-refractivity contribution < 1.29 is 9.13 Å². The van der Waals surface area contributed by atoms with Gasteiger partial charge in [-0.3, -0.25) is 4.99 Å². The first-order chi connectivity index (χ1) is 9.67. The summed E-state index contributed by atoms with van der Waals surface area (Å²) in [4.78, 5) is 4.11. The van der Waals surface area contributed by atoms with Crippen molar-refractivity contribution in [2.24, 2.45) is 4.99 Å². The van der Waals surface area contributed by atoms with E-state index in [1.54, 1.807) is 37.0 Å². The van der Waals surface area contributed by atoms with Crippen molar-refractivity contribution in [3.05, 3.63) is 30.1 Å². The minimum Gasteiger partial charge on any atom is -0.486 e. The third-order valence-electron chi connectivity index (χ3n) is 2.54. The molecule has 0 heterocycles. The Hall–Kier alpha value is -0.700. The first-order valence-electron chi connectivity index (χ1n) is 6.52. The average Bonchev–Trinajstić information content (AvgIpc) is 2.45. The zero-order valence-electron chi connectivity index (χ0n) is 12.6. The molecule has 0 aliphatic heterocycles. The molecule has 0 saturated heterocycles.